The van der Waals surface area contributed by atoms with Crippen molar-refractivity contribution < 1.29 is 22.8 Å². The van der Waals surface area contributed by atoms with Crippen molar-refractivity contribution in [2.24, 2.45) is 23.7 Å². The largest absolute Gasteiger partial charge is 0.451 e. The smallest absolute Gasteiger partial charge is 0.363 e. The molecule has 0 bridgehead atoms. The summed E-state index contributed by atoms with van der Waals surface area (Å²) >= 11 is 0. The minimum Gasteiger partial charge on any atom is -0.363 e. The Balaban J connectivity index is 0.000000162. The third-order valence-electron chi connectivity index (χ3n) is 12.1. The summed E-state index contributed by atoms with van der Waals surface area (Å²) in [4.78, 5) is 58.3. The highest BCUT2D eigenvalue weighted by atomic mass is 19.4. The van der Waals surface area contributed by atoms with E-state index in [4.69, 9.17) is 0 Å². The summed E-state index contributed by atoms with van der Waals surface area (Å²) in [6.07, 6.45) is -0.0683. The SMILES string of the molecule is CN(C)c1cc(N2CC3CN(C(=O)c4ccccc4-n4nccn4)CC3C2)nc(C(F)(F)F)n1.Cc1cc(C)nc(N2CC3CN(C(=O)c4ccccc4-c4ncn[nH]4)CC3C2)n1. The van der Waals surface area contributed by atoms with Gasteiger partial charge < -0.3 is 24.5 Å². The number of hydrogen-bond acceptors (Lipinski definition) is 13. The van der Waals surface area contributed by atoms with E-state index >= 15 is 0 Å². The fraction of sp³-hybridized carbons (Fsp3) is 0.395. The van der Waals surface area contributed by atoms with E-state index in [1.807, 2.05) is 60.0 Å². The topological polar surface area (TPSA) is 174 Å². The van der Waals surface area contributed by atoms with E-state index < -0.39 is 12.0 Å². The lowest BCUT2D eigenvalue weighted by atomic mass is 10.0. The molecular weight excluding hydrogens is 816 g/mol. The summed E-state index contributed by atoms with van der Waals surface area (Å²) in [6.45, 7) is 9.41. The molecular formula is C43H46F3N15O2. The molecule has 2 amide bonds. The predicted molar refractivity (Wildman–Crippen MR) is 226 cm³/mol. The van der Waals surface area contributed by atoms with Crippen LogP contribution in [0.5, 0.6) is 0 Å². The molecule has 326 valence electrons. The zero-order valence-electron chi connectivity index (χ0n) is 35.2. The molecule has 4 atom stereocenters. The predicted octanol–water partition coefficient (Wildman–Crippen LogP) is 4.44. The molecule has 1 N–H and O–H groups in total. The molecule has 0 saturated carbocycles. The summed E-state index contributed by atoms with van der Waals surface area (Å²) in [6, 6.07) is 18.3. The van der Waals surface area contributed by atoms with Gasteiger partial charge in [-0.3, -0.25) is 14.7 Å². The Labute approximate surface area is 361 Å². The minimum absolute atomic E-state index is 0.0561. The average Bonchev–Trinajstić information content (AvgIpc) is 4.12. The van der Waals surface area contributed by atoms with Gasteiger partial charge in [-0.25, -0.2) is 24.9 Å². The van der Waals surface area contributed by atoms with Crippen LogP contribution in [-0.2, 0) is 6.18 Å². The van der Waals surface area contributed by atoms with Crippen molar-refractivity contribution in [1.29, 1.82) is 0 Å². The number of benzene rings is 2. The standard InChI is InChI=1S/C22H23F3N8O.C21H23N7O/c1-30(2)18-9-19(29-21(28-18)22(23,24)25)31-10-14-12-32(13-15(14)11-31)20(34)16-5-3-4-6-17(16)33-26-7-8-27-33;1-13-7-14(2)25-21(24-13)28-10-15-8-27(9-16(15)11-28)20(29)18-6-4-3-5-17(18)19-22-12-23-26-19/h3-9,14-15H,10-13H2,1-2H3;3-7,12,15-16H,8-11H2,1-2H3,(H,22,23,26). The van der Waals surface area contributed by atoms with Gasteiger partial charge >= 0.3 is 6.18 Å². The lowest BCUT2D eigenvalue weighted by Crippen LogP contribution is -2.34. The lowest BCUT2D eigenvalue weighted by molar-refractivity contribution is -0.144. The monoisotopic (exact) mass is 861 g/mol. The minimum atomic E-state index is -4.63. The first-order chi connectivity index (χ1) is 30.3. The van der Waals surface area contributed by atoms with Crippen molar-refractivity contribution >= 4 is 29.4 Å². The van der Waals surface area contributed by atoms with Crippen LogP contribution >= 0.6 is 0 Å². The average molecular weight is 862 g/mol. The van der Waals surface area contributed by atoms with Crippen LogP contribution in [0, 0.1) is 37.5 Å². The summed E-state index contributed by atoms with van der Waals surface area (Å²) < 4.78 is 40.0. The van der Waals surface area contributed by atoms with E-state index in [0.717, 1.165) is 49.1 Å². The Kier molecular flexibility index (Phi) is 11.0. The third-order valence-corrected chi connectivity index (χ3v) is 12.1. The number of nitrogens with one attached hydrogen (secondary N) is 1. The van der Waals surface area contributed by atoms with Crippen molar-refractivity contribution in [3.63, 3.8) is 0 Å². The van der Waals surface area contributed by atoms with Gasteiger partial charge in [0.2, 0.25) is 11.8 Å². The van der Waals surface area contributed by atoms with Gasteiger partial charge in [-0.2, -0.15) is 33.3 Å². The number of anilines is 3. The van der Waals surface area contributed by atoms with Crippen molar-refractivity contribution in [3.8, 4) is 17.1 Å². The molecule has 4 unspecified atom stereocenters. The van der Waals surface area contributed by atoms with E-state index in [1.54, 1.807) is 55.7 Å². The normalized spacial score (nSPS) is 20.4. The van der Waals surface area contributed by atoms with Crippen LogP contribution in [0.1, 0.15) is 37.9 Å². The quantitative estimate of drug-likeness (QED) is 0.239. The van der Waals surface area contributed by atoms with E-state index in [2.05, 4.69) is 50.2 Å². The summed E-state index contributed by atoms with van der Waals surface area (Å²) in [5.74, 6) is 1.87. The highest BCUT2D eigenvalue weighted by Crippen LogP contribution is 2.38. The van der Waals surface area contributed by atoms with E-state index in [-0.39, 0.29) is 35.3 Å². The summed E-state index contributed by atoms with van der Waals surface area (Å²) in [5.41, 5.74) is 4.55. The molecule has 8 heterocycles. The number of aromatic amines is 1. The Bertz CT molecular complexity index is 2560. The van der Waals surface area contributed by atoms with Gasteiger partial charge in [-0.15, -0.1) is 0 Å². The number of hydrogen-bond donors (Lipinski definition) is 1. The Morgan fingerprint density at radius 3 is 1.83 bits per heavy atom. The highest BCUT2D eigenvalue weighted by molar-refractivity contribution is 6.00. The van der Waals surface area contributed by atoms with Crippen molar-refractivity contribution in [2.75, 3.05) is 81.2 Å². The maximum absolute atomic E-state index is 13.3. The van der Waals surface area contributed by atoms with Crippen molar-refractivity contribution in [1.82, 2.24) is 59.9 Å². The lowest BCUT2D eigenvalue weighted by Gasteiger charge is -2.24. The molecule has 63 heavy (non-hydrogen) atoms. The third kappa shape index (κ3) is 8.48. The number of H-pyrrole nitrogens is 1. The second-order valence-corrected chi connectivity index (χ2v) is 16.7. The molecule has 4 aliphatic heterocycles. The molecule has 0 aliphatic carbocycles. The number of carbonyl (C=O) groups is 2. The maximum atomic E-state index is 13.3. The molecule has 0 spiro atoms. The summed E-state index contributed by atoms with van der Waals surface area (Å²) in [5, 5.41) is 15.0. The van der Waals surface area contributed by atoms with Crippen LogP contribution in [0.25, 0.3) is 17.1 Å². The number of alkyl halides is 3. The number of likely N-dealkylation sites (tertiary alicyclic amines) is 2. The number of aromatic nitrogens is 10. The number of amides is 2. The molecule has 20 heteroatoms. The molecule has 4 fully saturated rings. The number of halogens is 3. The van der Waals surface area contributed by atoms with Crippen LogP contribution in [0.3, 0.4) is 0 Å². The van der Waals surface area contributed by atoms with Gasteiger partial charge in [0.15, 0.2) is 5.82 Å². The van der Waals surface area contributed by atoms with Crippen LogP contribution in [0.2, 0.25) is 0 Å². The molecule has 4 saturated heterocycles. The second-order valence-electron chi connectivity index (χ2n) is 16.7. The maximum Gasteiger partial charge on any atom is 0.451 e. The molecule has 2 aromatic carbocycles. The van der Waals surface area contributed by atoms with Crippen LogP contribution < -0.4 is 14.7 Å². The number of rotatable bonds is 7. The molecule has 4 aliphatic rings. The van der Waals surface area contributed by atoms with Gasteiger partial charge in [0.1, 0.15) is 18.0 Å². The number of carbonyl (C=O) groups excluding carboxylic acids is 2. The Hall–Kier alpha value is -6.99. The molecule has 4 aromatic heterocycles. The van der Waals surface area contributed by atoms with Gasteiger partial charge in [-0.1, -0.05) is 30.3 Å². The zero-order chi connectivity index (χ0) is 44.0. The number of fused-ring (bicyclic) bond motifs is 2. The molecule has 17 nitrogen and oxygen atoms in total. The van der Waals surface area contributed by atoms with Gasteiger partial charge in [-0.05, 0) is 38.1 Å². The van der Waals surface area contributed by atoms with Crippen LogP contribution in [-0.4, -0.2) is 138 Å². The van der Waals surface area contributed by atoms with Gasteiger partial charge in [0.25, 0.3) is 11.8 Å². The zero-order valence-corrected chi connectivity index (χ0v) is 35.2. The van der Waals surface area contributed by atoms with Gasteiger partial charge in [0, 0.05) is 113 Å². The first kappa shape index (κ1) is 41.4. The molecule has 10 rings (SSSR count). The van der Waals surface area contributed by atoms with Gasteiger partial charge in [0.05, 0.1) is 29.2 Å². The fourth-order valence-corrected chi connectivity index (χ4v) is 9.18. The van der Waals surface area contributed by atoms with E-state index in [0.29, 0.717) is 60.7 Å². The Morgan fingerprint density at radius 2 is 1.25 bits per heavy atom. The number of para-hydroxylation sites is 1. The van der Waals surface area contributed by atoms with Crippen molar-refractivity contribution in [3.05, 3.63) is 108 Å². The highest BCUT2D eigenvalue weighted by Gasteiger charge is 2.45. The van der Waals surface area contributed by atoms with Crippen LogP contribution in [0.15, 0.2) is 79.4 Å². The second kappa shape index (κ2) is 16.7. The Morgan fingerprint density at radius 1 is 0.698 bits per heavy atom. The molecule has 6 aromatic rings. The fourth-order valence-electron chi connectivity index (χ4n) is 9.18. The first-order valence-electron chi connectivity index (χ1n) is 20.7. The first-order valence-corrected chi connectivity index (χ1v) is 20.7. The van der Waals surface area contributed by atoms with Crippen molar-refractivity contribution in [2.45, 2.75) is 20.0 Å². The molecule has 0 radical (unpaired) electrons. The summed E-state index contributed by atoms with van der Waals surface area (Å²) in [7, 11) is 3.29. The van der Waals surface area contributed by atoms with E-state index in [1.165, 1.54) is 16.0 Å². The number of nitrogens with zero attached hydrogens (tertiary/aromatic N) is 14. The van der Waals surface area contributed by atoms with E-state index in [9.17, 15) is 22.8 Å². The number of aryl methyl sites for hydroxylation is 2. The van der Waals surface area contributed by atoms with Crippen LogP contribution in [0.4, 0.5) is 30.8 Å².